The Labute approximate surface area is 111 Å². The quantitative estimate of drug-likeness (QED) is 0.765. The van der Waals surface area contributed by atoms with Gasteiger partial charge in [-0.1, -0.05) is 33.1 Å². The molecule has 2 N–H and O–H groups in total. The van der Waals surface area contributed by atoms with Gasteiger partial charge in [-0.05, 0) is 38.0 Å². The lowest BCUT2D eigenvalue weighted by molar-refractivity contribution is -0.146. The molecule has 3 heteroatoms. The fraction of sp³-hybridized carbons (Fsp3) is 0.933. The maximum absolute atomic E-state index is 11.0. The summed E-state index contributed by atoms with van der Waals surface area (Å²) in [4.78, 5) is 11.0. The third kappa shape index (κ3) is 4.27. The molecule has 18 heavy (non-hydrogen) atoms. The third-order valence-electron chi connectivity index (χ3n) is 4.44. The highest BCUT2D eigenvalue weighted by Gasteiger charge is 2.32. The Kier molecular flexibility index (Phi) is 5.20. The molecule has 1 saturated carbocycles. The molecule has 1 aliphatic rings. The predicted octanol–water partition coefficient (Wildman–Crippen LogP) is 3.29. The molecule has 0 radical (unpaired) electrons. The zero-order valence-corrected chi connectivity index (χ0v) is 12.4. The highest BCUT2D eigenvalue weighted by atomic mass is 16.4. The molecule has 0 spiro atoms. The zero-order valence-electron chi connectivity index (χ0n) is 12.4. The van der Waals surface area contributed by atoms with E-state index in [1.807, 2.05) is 0 Å². The predicted molar refractivity (Wildman–Crippen MR) is 74.6 cm³/mol. The summed E-state index contributed by atoms with van der Waals surface area (Å²) >= 11 is 0. The van der Waals surface area contributed by atoms with E-state index in [1.54, 1.807) is 13.8 Å². The molecule has 0 aromatic carbocycles. The van der Waals surface area contributed by atoms with Gasteiger partial charge < -0.3 is 10.4 Å². The van der Waals surface area contributed by atoms with Gasteiger partial charge in [-0.15, -0.1) is 0 Å². The Morgan fingerprint density at radius 3 is 2.17 bits per heavy atom. The second-order valence-corrected chi connectivity index (χ2v) is 7.12. The van der Waals surface area contributed by atoms with Crippen LogP contribution in [0.15, 0.2) is 0 Å². The van der Waals surface area contributed by atoms with Gasteiger partial charge in [0.2, 0.25) is 0 Å². The minimum atomic E-state index is -0.731. The Bertz CT molecular complexity index is 278. The molecule has 0 amide bonds. The van der Waals surface area contributed by atoms with Gasteiger partial charge in [0.05, 0.1) is 5.41 Å². The highest BCUT2D eigenvalue weighted by Crippen LogP contribution is 2.37. The Balaban J connectivity index is 2.39. The van der Waals surface area contributed by atoms with E-state index in [-0.39, 0.29) is 5.41 Å². The Morgan fingerprint density at radius 2 is 1.67 bits per heavy atom. The number of hydrogen-bond donors (Lipinski definition) is 2. The van der Waals surface area contributed by atoms with Crippen molar-refractivity contribution in [2.75, 3.05) is 13.1 Å². The summed E-state index contributed by atoms with van der Waals surface area (Å²) in [7, 11) is 0. The van der Waals surface area contributed by atoms with Crippen molar-refractivity contribution in [2.45, 2.75) is 59.8 Å². The number of carbonyl (C=O) groups is 1. The number of rotatable bonds is 6. The van der Waals surface area contributed by atoms with Crippen LogP contribution in [0, 0.1) is 16.7 Å². The van der Waals surface area contributed by atoms with Crippen LogP contribution in [0.4, 0.5) is 0 Å². The van der Waals surface area contributed by atoms with E-state index in [4.69, 9.17) is 5.11 Å². The average Bonchev–Trinajstić information content (AvgIpc) is 2.29. The molecule has 0 unspecified atom stereocenters. The fourth-order valence-electron chi connectivity index (χ4n) is 2.80. The monoisotopic (exact) mass is 255 g/mol. The molecule has 3 nitrogen and oxygen atoms in total. The normalized spacial score (nSPS) is 18.9. The molecule has 1 aliphatic carbocycles. The van der Waals surface area contributed by atoms with E-state index >= 15 is 0 Å². The SMILES string of the molecule is CC(C)(CNCC(C)(C)C1CCCCC1)C(=O)O. The zero-order chi connectivity index (χ0) is 13.8. The van der Waals surface area contributed by atoms with Gasteiger partial charge in [-0.2, -0.15) is 0 Å². The van der Waals surface area contributed by atoms with E-state index in [1.165, 1.54) is 32.1 Å². The maximum atomic E-state index is 11.0. The number of carboxylic acid groups (broad SMARTS) is 1. The first-order valence-electron chi connectivity index (χ1n) is 7.20. The first-order chi connectivity index (χ1) is 8.26. The summed E-state index contributed by atoms with van der Waals surface area (Å²) in [5.74, 6) is 0.0529. The number of carboxylic acids is 1. The van der Waals surface area contributed by atoms with Crippen molar-refractivity contribution in [3.63, 3.8) is 0 Å². The summed E-state index contributed by atoms with van der Waals surface area (Å²) in [5, 5.41) is 12.4. The number of hydrogen-bond acceptors (Lipinski definition) is 2. The molecule has 0 bridgehead atoms. The van der Waals surface area contributed by atoms with Crippen LogP contribution in [-0.4, -0.2) is 24.2 Å². The van der Waals surface area contributed by atoms with Gasteiger partial charge in [-0.25, -0.2) is 0 Å². The van der Waals surface area contributed by atoms with Crippen LogP contribution in [0.5, 0.6) is 0 Å². The number of nitrogens with one attached hydrogen (secondary N) is 1. The summed E-state index contributed by atoms with van der Waals surface area (Å²) in [6.45, 7) is 9.62. The lowest BCUT2D eigenvalue weighted by Crippen LogP contribution is -2.42. The van der Waals surface area contributed by atoms with Crippen LogP contribution >= 0.6 is 0 Å². The van der Waals surface area contributed by atoms with Crippen LogP contribution in [0.3, 0.4) is 0 Å². The molecule has 106 valence electrons. The van der Waals surface area contributed by atoms with Crippen molar-refractivity contribution in [3.8, 4) is 0 Å². The van der Waals surface area contributed by atoms with Gasteiger partial charge in [0.1, 0.15) is 0 Å². The van der Waals surface area contributed by atoms with E-state index < -0.39 is 11.4 Å². The molecule has 1 fully saturated rings. The van der Waals surface area contributed by atoms with E-state index in [9.17, 15) is 4.79 Å². The minimum Gasteiger partial charge on any atom is -0.481 e. The van der Waals surface area contributed by atoms with E-state index in [0.29, 0.717) is 6.54 Å². The molecule has 0 aromatic rings. The molecule has 0 saturated heterocycles. The smallest absolute Gasteiger partial charge is 0.310 e. The lowest BCUT2D eigenvalue weighted by Gasteiger charge is -2.38. The largest absolute Gasteiger partial charge is 0.481 e. The standard InChI is InChI=1S/C15H29NO2/c1-14(2,12-8-6-5-7-9-12)10-16-11-15(3,4)13(17)18/h12,16H,5-11H2,1-4H3,(H,17,18). The van der Waals surface area contributed by atoms with Gasteiger partial charge in [0.25, 0.3) is 0 Å². The van der Waals surface area contributed by atoms with Crippen molar-refractivity contribution in [1.29, 1.82) is 0 Å². The second-order valence-electron chi connectivity index (χ2n) is 7.12. The fourth-order valence-corrected chi connectivity index (χ4v) is 2.80. The molecular formula is C15H29NO2. The van der Waals surface area contributed by atoms with Crippen molar-refractivity contribution < 1.29 is 9.90 Å². The van der Waals surface area contributed by atoms with Crippen molar-refractivity contribution in [2.24, 2.45) is 16.7 Å². The van der Waals surface area contributed by atoms with Gasteiger partial charge >= 0.3 is 5.97 Å². The minimum absolute atomic E-state index is 0.273. The van der Waals surface area contributed by atoms with Crippen LogP contribution in [0.2, 0.25) is 0 Å². The summed E-state index contributed by atoms with van der Waals surface area (Å²) in [6, 6.07) is 0. The Morgan fingerprint density at radius 1 is 1.11 bits per heavy atom. The summed E-state index contributed by atoms with van der Waals surface area (Å²) < 4.78 is 0. The van der Waals surface area contributed by atoms with E-state index in [0.717, 1.165) is 12.5 Å². The second kappa shape index (κ2) is 6.05. The van der Waals surface area contributed by atoms with Crippen molar-refractivity contribution in [3.05, 3.63) is 0 Å². The van der Waals surface area contributed by atoms with Gasteiger partial charge in [0, 0.05) is 13.1 Å². The van der Waals surface area contributed by atoms with Crippen LogP contribution in [0.1, 0.15) is 59.8 Å². The van der Waals surface area contributed by atoms with Crippen molar-refractivity contribution in [1.82, 2.24) is 5.32 Å². The lowest BCUT2D eigenvalue weighted by atomic mass is 9.71. The molecule has 0 aliphatic heterocycles. The first-order valence-corrected chi connectivity index (χ1v) is 7.20. The van der Waals surface area contributed by atoms with Crippen LogP contribution < -0.4 is 5.32 Å². The van der Waals surface area contributed by atoms with Gasteiger partial charge in [0.15, 0.2) is 0 Å². The first kappa shape index (κ1) is 15.5. The number of aliphatic carboxylic acids is 1. The maximum Gasteiger partial charge on any atom is 0.310 e. The Hall–Kier alpha value is -0.570. The molecule has 1 rings (SSSR count). The van der Waals surface area contributed by atoms with Crippen LogP contribution in [-0.2, 0) is 4.79 Å². The highest BCUT2D eigenvalue weighted by molar-refractivity contribution is 5.73. The molecule has 0 atom stereocenters. The molecule has 0 aromatic heterocycles. The third-order valence-corrected chi connectivity index (χ3v) is 4.44. The van der Waals surface area contributed by atoms with Crippen molar-refractivity contribution >= 4 is 5.97 Å². The topological polar surface area (TPSA) is 49.3 Å². The molecular weight excluding hydrogens is 226 g/mol. The summed E-state index contributed by atoms with van der Waals surface area (Å²) in [5.41, 5.74) is -0.405. The summed E-state index contributed by atoms with van der Waals surface area (Å²) in [6.07, 6.45) is 6.75. The van der Waals surface area contributed by atoms with Crippen LogP contribution in [0.25, 0.3) is 0 Å². The van der Waals surface area contributed by atoms with E-state index in [2.05, 4.69) is 19.2 Å². The van der Waals surface area contributed by atoms with Gasteiger partial charge in [-0.3, -0.25) is 4.79 Å². The average molecular weight is 255 g/mol. The molecule has 0 heterocycles.